The van der Waals surface area contributed by atoms with Gasteiger partial charge in [-0.15, -0.1) is 0 Å². The average molecular weight is 248 g/mol. The van der Waals surface area contributed by atoms with E-state index in [-0.39, 0.29) is 5.91 Å². The van der Waals surface area contributed by atoms with Crippen LogP contribution in [0.2, 0.25) is 0 Å². The summed E-state index contributed by atoms with van der Waals surface area (Å²) in [6.45, 7) is 4.16. The fourth-order valence-corrected chi connectivity index (χ4v) is 2.14. The van der Waals surface area contributed by atoms with Crippen molar-refractivity contribution in [2.75, 3.05) is 25.0 Å². The lowest BCUT2D eigenvalue weighted by atomic mass is 10.1. The lowest BCUT2D eigenvalue weighted by molar-refractivity contribution is -0.117. The standard InChI is InChI=1S/C13H20N4O/c1-10-8-12(2-5-15-10)16-13(18)9-17-6-3-11(14)4-7-17/h2,5,8,11H,3-4,6-7,9,14H2,1H3,(H,15,16,18). The molecule has 98 valence electrons. The van der Waals surface area contributed by atoms with Crippen molar-refractivity contribution in [3.63, 3.8) is 0 Å². The van der Waals surface area contributed by atoms with Gasteiger partial charge in [0.2, 0.25) is 5.91 Å². The molecule has 0 radical (unpaired) electrons. The predicted molar refractivity (Wildman–Crippen MR) is 71.3 cm³/mol. The zero-order valence-electron chi connectivity index (χ0n) is 10.7. The second-order valence-electron chi connectivity index (χ2n) is 4.85. The molecule has 0 saturated carbocycles. The van der Waals surface area contributed by atoms with Crippen molar-refractivity contribution in [3.05, 3.63) is 24.0 Å². The normalized spacial score (nSPS) is 17.7. The third-order valence-corrected chi connectivity index (χ3v) is 3.18. The second-order valence-corrected chi connectivity index (χ2v) is 4.85. The van der Waals surface area contributed by atoms with Gasteiger partial charge in [-0.3, -0.25) is 14.7 Å². The number of pyridine rings is 1. The number of carbonyl (C=O) groups excluding carboxylic acids is 1. The van der Waals surface area contributed by atoms with Gasteiger partial charge < -0.3 is 11.1 Å². The van der Waals surface area contributed by atoms with Gasteiger partial charge in [0.25, 0.3) is 0 Å². The van der Waals surface area contributed by atoms with E-state index in [1.54, 1.807) is 12.3 Å². The molecule has 0 unspecified atom stereocenters. The minimum absolute atomic E-state index is 0.0241. The quantitative estimate of drug-likeness (QED) is 0.828. The number of anilines is 1. The van der Waals surface area contributed by atoms with E-state index in [2.05, 4.69) is 15.2 Å². The van der Waals surface area contributed by atoms with E-state index in [9.17, 15) is 4.79 Å². The van der Waals surface area contributed by atoms with Gasteiger partial charge in [0, 0.05) is 36.7 Å². The maximum atomic E-state index is 11.9. The molecule has 0 bridgehead atoms. The van der Waals surface area contributed by atoms with E-state index < -0.39 is 0 Å². The number of aromatic nitrogens is 1. The molecule has 1 amide bonds. The first-order chi connectivity index (χ1) is 8.63. The first kappa shape index (κ1) is 13.0. The molecule has 1 aromatic rings. The van der Waals surface area contributed by atoms with Gasteiger partial charge in [-0.2, -0.15) is 0 Å². The Hall–Kier alpha value is -1.46. The Morgan fingerprint density at radius 1 is 1.56 bits per heavy atom. The van der Waals surface area contributed by atoms with Gasteiger partial charge in [0.1, 0.15) is 0 Å². The third kappa shape index (κ3) is 3.78. The highest BCUT2D eigenvalue weighted by atomic mass is 16.2. The first-order valence-corrected chi connectivity index (χ1v) is 6.34. The molecule has 1 aromatic heterocycles. The summed E-state index contributed by atoms with van der Waals surface area (Å²) < 4.78 is 0. The van der Waals surface area contributed by atoms with Crippen molar-refractivity contribution < 1.29 is 4.79 Å². The molecule has 1 aliphatic rings. The molecule has 1 fully saturated rings. The lowest BCUT2D eigenvalue weighted by Gasteiger charge is -2.29. The van der Waals surface area contributed by atoms with Crippen LogP contribution < -0.4 is 11.1 Å². The fraction of sp³-hybridized carbons (Fsp3) is 0.538. The van der Waals surface area contributed by atoms with Crippen molar-refractivity contribution >= 4 is 11.6 Å². The lowest BCUT2D eigenvalue weighted by Crippen LogP contribution is -2.43. The van der Waals surface area contributed by atoms with E-state index in [1.165, 1.54) is 0 Å². The minimum Gasteiger partial charge on any atom is -0.328 e. The summed E-state index contributed by atoms with van der Waals surface area (Å²) in [7, 11) is 0. The van der Waals surface area contributed by atoms with Gasteiger partial charge in [0.05, 0.1) is 6.54 Å². The van der Waals surface area contributed by atoms with Crippen molar-refractivity contribution in [1.29, 1.82) is 0 Å². The molecule has 18 heavy (non-hydrogen) atoms. The van der Waals surface area contributed by atoms with E-state index in [0.717, 1.165) is 37.3 Å². The average Bonchev–Trinajstić information content (AvgIpc) is 2.32. The van der Waals surface area contributed by atoms with E-state index in [0.29, 0.717) is 12.6 Å². The molecule has 3 N–H and O–H groups in total. The van der Waals surface area contributed by atoms with Crippen molar-refractivity contribution in [2.24, 2.45) is 5.73 Å². The smallest absolute Gasteiger partial charge is 0.238 e. The number of amides is 1. The van der Waals surface area contributed by atoms with Crippen molar-refractivity contribution in [2.45, 2.75) is 25.8 Å². The van der Waals surface area contributed by atoms with E-state index in [1.807, 2.05) is 13.0 Å². The largest absolute Gasteiger partial charge is 0.328 e. The topological polar surface area (TPSA) is 71.2 Å². The highest BCUT2D eigenvalue weighted by Gasteiger charge is 2.18. The molecular weight excluding hydrogens is 228 g/mol. The van der Waals surface area contributed by atoms with Gasteiger partial charge in [-0.25, -0.2) is 0 Å². The Labute approximate surface area is 107 Å². The number of hydrogen-bond donors (Lipinski definition) is 2. The number of likely N-dealkylation sites (tertiary alicyclic amines) is 1. The molecule has 2 heterocycles. The van der Waals surface area contributed by atoms with Gasteiger partial charge in [0.15, 0.2) is 0 Å². The number of nitrogens with two attached hydrogens (primary N) is 1. The maximum Gasteiger partial charge on any atom is 0.238 e. The summed E-state index contributed by atoms with van der Waals surface area (Å²) >= 11 is 0. The molecule has 5 nitrogen and oxygen atoms in total. The fourth-order valence-electron chi connectivity index (χ4n) is 2.14. The zero-order chi connectivity index (χ0) is 13.0. The molecule has 5 heteroatoms. The van der Waals surface area contributed by atoms with Crippen LogP contribution in [0.3, 0.4) is 0 Å². The Bertz CT molecular complexity index is 413. The van der Waals surface area contributed by atoms with Gasteiger partial charge in [-0.1, -0.05) is 0 Å². The molecule has 2 rings (SSSR count). The molecule has 1 aliphatic heterocycles. The number of piperidine rings is 1. The number of nitrogens with one attached hydrogen (secondary N) is 1. The second kappa shape index (κ2) is 5.93. The summed E-state index contributed by atoms with van der Waals surface area (Å²) in [6.07, 6.45) is 3.65. The van der Waals surface area contributed by atoms with Gasteiger partial charge in [-0.05, 0) is 31.9 Å². The van der Waals surface area contributed by atoms with Crippen LogP contribution in [0.25, 0.3) is 0 Å². The maximum absolute atomic E-state index is 11.9. The molecule has 0 aromatic carbocycles. The number of rotatable bonds is 3. The van der Waals surface area contributed by atoms with Crippen LogP contribution in [0.1, 0.15) is 18.5 Å². The molecule has 0 spiro atoms. The SMILES string of the molecule is Cc1cc(NC(=O)CN2CCC(N)CC2)ccn1. The Balaban J connectivity index is 1.82. The summed E-state index contributed by atoms with van der Waals surface area (Å²) in [5.74, 6) is 0.0241. The van der Waals surface area contributed by atoms with Crippen LogP contribution in [-0.2, 0) is 4.79 Å². The molecular formula is C13H20N4O. The van der Waals surface area contributed by atoms with Crippen LogP contribution in [0.5, 0.6) is 0 Å². The van der Waals surface area contributed by atoms with Crippen molar-refractivity contribution in [3.8, 4) is 0 Å². The minimum atomic E-state index is 0.0241. The summed E-state index contributed by atoms with van der Waals surface area (Å²) in [5.41, 5.74) is 7.54. The first-order valence-electron chi connectivity index (χ1n) is 6.34. The Morgan fingerprint density at radius 3 is 2.94 bits per heavy atom. The molecule has 1 saturated heterocycles. The van der Waals surface area contributed by atoms with Crippen LogP contribution in [0, 0.1) is 6.92 Å². The molecule has 0 aliphatic carbocycles. The van der Waals surface area contributed by atoms with Gasteiger partial charge >= 0.3 is 0 Å². The number of carbonyl (C=O) groups is 1. The monoisotopic (exact) mass is 248 g/mol. The zero-order valence-corrected chi connectivity index (χ0v) is 10.7. The van der Waals surface area contributed by atoms with Crippen LogP contribution in [-0.4, -0.2) is 41.5 Å². The van der Waals surface area contributed by atoms with Crippen LogP contribution in [0.4, 0.5) is 5.69 Å². The summed E-state index contributed by atoms with van der Waals surface area (Å²) in [5, 5.41) is 2.89. The predicted octanol–water partition coefficient (Wildman–Crippen LogP) is 0.752. The highest BCUT2D eigenvalue weighted by molar-refractivity contribution is 5.92. The van der Waals surface area contributed by atoms with Crippen LogP contribution >= 0.6 is 0 Å². The molecule has 0 atom stereocenters. The number of nitrogens with zero attached hydrogens (tertiary/aromatic N) is 2. The number of aryl methyl sites for hydroxylation is 1. The Kier molecular flexibility index (Phi) is 4.28. The van der Waals surface area contributed by atoms with Crippen molar-refractivity contribution in [1.82, 2.24) is 9.88 Å². The Morgan fingerprint density at radius 2 is 2.28 bits per heavy atom. The summed E-state index contributed by atoms with van der Waals surface area (Å²) in [4.78, 5) is 18.1. The third-order valence-electron chi connectivity index (χ3n) is 3.18. The highest BCUT2D eigenvalue weighted by Crippen LogP contribution is 2.10. The van der Waals surface area contributed by atoms with Crippen LogP contribution in [0.15, 0.2) is 18.3 Å². The number of hydrogen-bond acceptors (Lipinski definition) is 4. The summed E-state index contributed by atoms with van der Waals surface area (Å²) in [6, 6.07) is 3.97. The van der Waals surface area contributed by atoms with E-state index >= 15 is 0 Å². The van der Waals surface area contributed by atoms with E-state index in [4.69, 9.17) is 5.73 Å².